The minimum absolute atomic E-state index is 0.0931. The van der Waals surface area contributed by atoms with Crippen molar-refractivity contribution in [1.82, 2.24) is 24.6 Å². The zero-order valence-electron chi connectivity index (χ0n) is 18.6. The first-order valence-electron chi connectivity index (χ1n) is 10.8. The first-order chi connectivity index (χ1) is 16.1. The van der Waals surface area contributed by atoms with Crippen molar-refractivity contribution in [3.05, 3.63) is 60.2 Å². The van der Waals surface area contributed by atoms with Gasteiger partial charge in [-0.05, 0) is 29.8 Å². The van der Waals surface area contributed by atoms with Gasteiger partial charge in [-0.25, -0.2) is 0 Å². The first-order valence-corrected chi connectivity index (χ1v) is 10.8. The predicted molar refractivity (Wildman–Crippen MR) is 123 cm³/mol. The van der Waals surface area contributed by atoms with Crippen molar-refractivity contribution in [2.75, 3.05) is 43.5 Å². The van der Waals surface area contributed by atoms with Crippen molar-refractivity contribution in [3.63, 3.8) is 0 Å². The fourth-order valence-electron chi connectivity index (χ4n) is 3.88. The molecule has 4 heterocycles. The van der Waals surface area contributed by atoms with Crippen molar-refractivity contribution in [2.45, 2.75) is 6.54 Å². The largest absolute Gasteiger partial charge is 0.497 e. The molecule has 0 radical (unpaired) electrons. The highest BCUT2D eigenvalue weighted by molar-refractivity contribution is 5.91. The topological polar surface area (TPSA) is 102 Å². The van der Waals surface area contributed by atoms with E-state index in [9.17, 15) is 4.79 Å². The van der Waals surface area contributed by atoms with Gasteiger partial charge in [0, 0.05) is 39.8 Å². The summed E-state index contributed by atoms with van der Waals surface area (Å²) >= 11 is 0. The normalized spacial score (nSPS) is 14.0. The number of nitrogens with one attached hydrogen (secondary N) is 1. The molecule has 10 heteroatoms. The van der Waals surface area contributed by atoms with Crippen molar-refractivity contribution in [1.29, 1.82) is 0 Å². The zero-order valence-corrected chi connectivity index (χ0v) is 18.6. The molecule has 1 saturated heterocycles. The Balaban J connectivity index is 1.33. The molecule has 170 valence electrons. The molecule has 1 aromatic carbocycles. The van der Waals surface area contributed by atoms with Gasteiger partial charge in [0.15, 0.2) is 11.4 Å². The summed E-state index contributed by atoms with van der Waals surface area (Å²) in [5.74, 6) is 2.44. The van der Waals surface area contributed by atoms with Gasteiger partial charge in [-0.1, -0.05) is 12.1 Å². The molecule has 0 spiro atoms. The standard InChI is InChI=1S/C23H25N7O3/c1-28-21-18(15-25-28)20(24-14-16-5-7-17(32-2)8-6-16)26-23(27-21)30-11-9-29(10-12-30)22(31)19-4-3-13-33-19/h3-8,13,15H,9-12,14H2,1-2H3,(H,24,26,27). The van der Waals surface area contributed by atoms with Gasteiger partial charge in [-0.2, -0.15) is 15.1 Å². The number of rotatable bonds is 6. The van der Waals surface area contributed by atoms with E-state index < -0.39 is 0 Å². The summed E-state index contributed by atoms with van der Waals surface area (Å²) in [5, 5.41) is 8.65. The van der Waals surface area contributed by atoms with Crippen LogP contribution in [0.1, 0.15) is 16.1 Å². The summed E-state index contributed by atoms with van der Waals surface area (Å²) in [5.41, 5.74) is 1.87. The molecule has 1 aliphatic heterocycles. The van der Waals surface area contributed by atoms with E-state index in [1.54, 1.807) is 35.0 Å². The van der Waals surface area contributed by atoms with E-state index >= 15 is 0 Å². The number of amides is 1. The Morgan fingerprint density at radius 2 is 1.91 bits per heavy atom. The lowest BCUT2D eigenvalue weighted by atomic mass is 10.2. The third kappa shape index (κ3) is 4.19. The number of hydrogen-bond donors (Lipinski definition) is 1. The quantitative estimate of drug-likeness (QED) is 0.481. The minimum Gasteiger partial charge on any atom is -0.497 e. The van der Waals surface area contributed by atoms with Gasteiger partial charge in [0.1, 0.15) is 11.6 Å². The van der Waals surface area contributed by atoms with E-state index in [0.717, 1.165) is 28.2 Å². The number of piperazine rings is 1. The average Bonchev–Trinajstić information content (AvgIpc) is 3.53. The molecule has 1 amide bonds. The number of aromatic nitrogens is 4. The SMILES string of the molecule is COc1ccc(CNc2nc(N3CCN(C(=O)c4ccco4)CC3)nc3c2cnn3C)cc1. The number of anilines is 2. The zero-order chi connectivity index (χ0) is 22.8. The molecule has 1 fully saturated rings. The number of nitrogens with zero attached hydrogens (tertiary/aromatic N) is 6. The van der Waals surface area contributed by atoms with Gasteiger partial charge in [0.25, 0.3) is 5.91 Å². The van der Waals surface area contributed by atoms with Crippen molar-refractivity contribution in [2.24, 2.45) is 7.05 Å². The van der Waals surface area contributed by atoms with Gasteiger partial charge in [0.05, 0.1) is 25.0 Å². The number of carbonyl (C=O) groups is 1. The van der Waals surface area contributed by atoms with Crippen LogP contribution in [0.25, 0.3) is 11.0 Å². The van der Waals surface area contributed by atoms with E-state index in [2.05, 4.69) is 15.3 Å². The highest BCUT2D eigenvalue weighted by atomic mass is 16.5. The molecular weight excluding hydrogens is 422 g/mol. The number of ether oxygens (including phenoxy) is 1. The maximum atomic E-state index is 12.6. The Hall–Kier alpha value is -4.08. The Labute approximate surface area is 190 Å². The number of benzene rings is 1. The molecule has 33 heavy (non-hydrogen) atoms. The lowest BCUT2D eigenvalue weighted by molar-refractivity contribution is 0.0714. The monoisotopic (exact) mass is 447 g/mol. The summed E-state index contributed by atoms with van der Waals surface area (Å²) < 4.78 is 12.2. The second-order valence-corrected chi connectivity index (χ2v) is 7.84. The predicted octanol–water partition coefficient (Wildman–Crippen LogP) is 2.54. The first kappa shape index (κ1) is 20.8. The molecule has 0 unspecified atom stereocenters. The van der Waals surface area contributed by atoms with Gasteiger partial charge in [-0.3, -0.25) is 9.48 Å². The summed E-state index contributed by atoms with van der Waals surface area (Å²) in [6, 6.07) is 11.3. The number of fused-ring (bicyclic) bond motifs is 1. The molecule has 0 aliphatic carbocycles. The van der Waals surface area contributed by atoms with Crippen LogP contribution in [0.4, 0.5) is 11.8 Å². The van der Waals surface area contributed by atoms with Crippen molar-refractivity contribution >= 4 is 28.7 Å². The van der Waals surface area contributed by atoms with Crippen LogP contribution in [-0.2, 0) is 13.6 Å². The van der Waals surface area contributed by atoms with Gasteiger partial charge in [0.2, 0.25) is 5.95 Å². The van der Waals surface area contributed by atoms with E-state index in [4.69, 9.17) is 19.1 Å². The highest BCUT2D eigenvalue weighted by Crippen LogP contribution is 2.25. The molecule has 1 N–H and O–H groups in total. The van der Waals surface area contributed by atoms with Crippen LogP contribution in [-0.4, -0.2) is 63.8 Å². The second kappa shape index (κ2) is 8.81. The third-order valence-electron chi connectivity index (χ3n) is 5.78. The minimum atomic E-state index is -0.0931. The third-order valence-corrected chi connectivity index (χ3v) is 5.78. The van der Waals surface area contributed by atoms with Crippen LogP contribution in [0, 0.1) is 0 Å². The van der Waals surface area contributed by atoms with E-state index in [0.29, 0.717) is 44.4 Å². The van der Waals surface area contributed by atoms with Crippen molar-refractivity contribution < 1.29 is 13.9 Å². The van der Waals surface area contributed by atoms with Crippen LogP contribution in [0.15, 0.2) is 53.3 Å². The molecule has 1 aliphatic rings. The molecule has 0 atom stereocenters. The summed E-state index contributed by atoms with van der Waals surface area (Å²) in [4.78, 5) is 26.0. The maximum Gasteiger partial charge on any atom is 0.289 e. The molecular formula is C23H25N7O3. The van der Waals surface area contributed by atoms with E-state index in [-0.39, 0.29) is 5.91 Å². The van der Waals surface area contributed by atoms with Crippen LogP contribution >= 0.6 is 0 Å². The molecule has 3 aromatic heterocycles. The summed E-state index contributed by atoms with van der Waals surface area (Å²) in [6.45, 7) is 3.01. The van der Waals surface area contributed by atoms with Crippen LogP contribution in [0.5, 0.6) is 5.75 Å². The second-order valence-electron chi connectivity index (χ2n) is 7.84. The molecule has 4 aromatic rings. The molecule has 0 bridgehead atoms. The Morgan fingerprint density at radius 3 is 2.61 bits per heavy atom. The Bertz CT molecular complexity index is 1240. The van der Waals surface area contributed by atoms with Crippen LogP contribution in [0.2, 0.25) is 0 Å². The highest BCUT2D eigenvalue weighted by Gasteiger charge is 2.26. The number of carbonyl (C=O) groups excluding carboxylic acids is 1. The number of aryl methyl sites for hydroxylation is 1. The lowest BCUT2D eigenvalue weighted by Gasteiger charge is -2.34. The number of methoxy groups -OCH3 is 1. The molecule has 0 saturated carbocycles. The molecule has 5 rings (SSSR count). The Kier molecular flexibility index (Phi) is 5.55. The molecule has 10 nitrogen and oxygen atoms in total. The maximum absolute atomic E-state index is 12.6. The number of furan rings is 1. The number of hydrogen-bond acceptors (Lipinski definition) is 8. The smallest absolute Gasteiger partial charge is 0.289 e. The fraction of sp³-hybridized carbons (Fsp3) is 0.304. The van der Waals surface area contributed by atoms with Gasteiger partial charge >= 0.3 is 0 Å². The lowest BCUT2D eigenvalue weighted by Crippen LogP contribution is -2.49. The summed E-state index contributed by atoms with van der Waals surface area (Å²) in [7, 11) is 3.52. The van der Waals surface area contributed by atoms with Crippen LogP contribution < -0.4 is 15.0 Å². The van der Waals surface area contributed by atoms with Crippen LogP contribution in [0.3, 0.4) is 0 Å². The van der Waals surface area contributed by atoms with Gasteiger partial charge < -0.3 is 24.3 Å². The van der Waals surface area contributed by atoms with E-state index in [1.807, 2.05) is 31.3 Å². The van der Waals surface area contributed by atoms with Gasteiger partial charge in [-0.15, -0.1) is 0 Å². The van der Waals surface area contributed by atoms with E-state index in [1.165, 1.54) is 6.26 Å². The fourth-order valence-corrected chi connectivity index (χ4v) is 3.88. The Morgan fingerprint density at radius 1 is 1.12 bits per heavy atom. The summed E-state index contributed by atoms with van der Waals surface area (Å²) in [6.07, 6.45) is 3.29. The average molecular weight is 447 g/mol. The van der Waals surface area contributed by atoms with Crippen molar-refractivity contribution in [3.8, 4) is 5.75 Å².